The van der Waals surface area contributed by atoms with Crippen molar-refractivity contribution in [2.24, 2.45) is 5.18 Å². The molecular weight excluding hydrogens is 286 g/mol. The first kappa shape index (κ1) is 18.3. The molecule has 0 atom stereocenters. The third kappa shape index (κ3) is 6.32. The molecule has 0 aliphatic rings. The molecule has 0 heterocycles. The molecule has 0 aliphatic carbocycles. The number of hydrogen-bond acceptors (Lipinski definition) is 5. The third-order valence-corrected chi connectivity index (χ3v) is 3.16. The van der Waals surface area contributed by atoms with E-state index in [0.717, 1.165) is 28.9 Å². The van der Waals surface area contributed by atoms with Crippen molar-refractivity contribution in [2.45, 2.75) is 33.1 Å². The summed E-state index contributed by atoms with van der Waals surface area (Å²) in [5.41, 5.74) is 2.99. The highest BCUT2D eigenvalue weighted by molar-refractivity contribution is 5.76. The fourth-order valence-corrected chi connectivity index (χ4v) is 2.21. The summed E-state index contributed by atoms with van der Waals surface area (Å²) in [5, 5.41) is 11.0. The van der Waals surface area contributed by atoms with E-state index in [-0.39, 0.29) is 13.0 Å². The summed E-state index contributed by atoms with van der Waals surface area (Å²) in [6, 6.07) is 3.92. The molecular formula is C16H23NO5. The summed E-state index contributed by atoms with van der Waals surface area (Å²) in [5.74, 6) is 0.212. The van der Waals surface area contributed by atoms with Crippen molar-refractivity contribution < 1.29 is 19.4 Å². The van der Waals surface area contributed by atoms with Crippen LogP contribution in [0, 0.1) is 18.8 Å². The minimum Gasteiger partial charge on any atom is -0.493 e. The Kier molecular flexibility index (Phi) is 8.32. The third-order valence-electron chi connectivity index (χ3n) is 3.16. The molecule has 1 amide bonds. The fourth-order valence-electron chi connectivity index (χ4n) is 2.21. The van der Waals surface area contributed by atoms with Crippen LogP contribution in [0.3, 0.4) is 0 Å². The van der Waals surface area contributed by atoms with Crippen LogP contribution in [0.15, 0.2) is 17.3 Å². The monoisotopic (exact) mass is 309 g/mol. The molecule has 22 heavy (non-hydrogen) atoms. The fraction of sp³-hybridized carbons (Fsp3) is 0.562. The standard InChI is InChI=1S/C16H23NO5/c1-12-10-14(4-5-15(19)17-20)11-13(2)16(12)22-8-3-7-21-9-6-18/h10-11,18H,3-9H2,1-2H3. The molecule has 0 aromatic heterocycles. The van der Waals surface area contributed by atoms with Crippen LogP contribution in [-0.2, 0) is 16.0 Å². The van der Waals surface area contributed by atoms with Crippen molar-refractivity contribution in [1.82, 2.24) is 0 Å². The van der Waals surface area contributed by atoms with Gasteiger partial charge < -0.3 is 14.6 Å². The molecule has 1 N–H and O–H groups in total. The molecule has 0 saturated carbocycles. The van der Waals surface area contributed by atoms with Crippen molar-refractivity contribution in [1.29, 1.82) is 0 Å². The highest BCUT2D eigenvalue weighted by Crippen LogP contribution is 2.25. The zero-order valence-corrected chi connectivity index (χ0v) is 13.1. The number of rotatable bonds is 10. The number of carbonyl (C=O) groups excluding carboxylic acids is 1. The summed E-state index contributed by atoms with van der Waals surface area (Å²) >= 11 is 0. The number of carbonyl (C=O) groups is 1. The first-order chi connectivity index (χ1) is 10.6. The Bertz CT molecular complexity index is 478. The highest BCUT2D eigenvalue weighted by Gasteiger charge is 2.08. The number of aryl methyl sites for hydroxylation is 3. The van der Waals surface area contributed by atoms with Crippen LogP contribution in [0.1, 0.15) is 29.5 Å². The number of nitroso groups, excluding NO2 is 1. The van der Waals surface area contributed by atoms with Gasteiger partial charge in [-0.2, -0.15) is 0 Å². The Hall–Kier alpha value is -1.79. The molecule has 122 valence electrons. The molecule has 0 spiro atoms. The van der Waals surface area contributed by atoms with E-state index in [4.69, 9.17) is 14.6 Å². The van der Waals surface area contributed by atoms with E-state index in [1.165, 1.54) is 0 Å². The molecule has 0 saturated heterocycles. The molecule has 1 aromatic carbocycles. The van der Waals surface area contributed by atoms with Gasteiger partial charge in [0.05, 0.1) is 19.8 Å². The Balaban J connectivity index is 2.51. The number of aliphatic hydroxyl groups is 1. The summed E-state index contributed by atoms with van der Waals surface area (Å²) in [4.78, 5) is 21.0. The van der Waals surface area contributed by atoms with Crippen LogP contribution >= 0.6 is 0 Å². The second-order valence-corrected chi connectivity index (χ2v) is 5.08. The molecule has 1 aromatic rings. The van der Waals surface area contributed by atoms with Crippen LogP contribution in [0.2, 0.25) is 0 Å². The van der Waals surface area contributed by atoms with Gasteiger partial charge in [-0.15, -0.1) is 4.91 Å². The van der Waals surface area contributed by atoms with Crippen molar-refractivity contribution in [3.63, 3.8) is 0 Å². The van der Waals surface area contributed by atoms with Crippen LogP contribution in [-0.4, -0.2) is 37.4 Å². The number of ether oxygens (including phenoxy) is 2. The van der Waals surface area contributed by atoms with Crippen molar-refractivity contribution >= 4 is 5.91 Å². The lowest BCUT2D eigenvalue weighted by atomic mass is 10.0. The van der Waals surface area contributed by atoms with Gasteiger partial charge in [-0.3, -0.25) is 4.79 Å². The minimum absolute atomic E-state index is 0.0304. The lowest BCUT2D eigenvalue weighted by molar-refractivity contribution is -0.117. The van der Waals surface area contributed by atoms with Crippen molar-refractivity contribution in [3.05, 3.63) is 33.7 Å². The van der Waals surface area contributed by atoms with Gasteiger partial charge in [0.1, 0.15) is 5.75 Å². The maximum absolute atomic E-state index is 10.9. The summed E-state index contributed by atoms with van der Waals surface area (Å²) in [6.07, 6.45) is 1.38. The summed E-state index contributed by atoms with van der Waals surface area (Å²) in [6.45, 7) is 5.38. The molecule has 0 bridgehead atoms. The second-order valence-electron chi connectivity index (χ2n) is 5.08. The smallest absolute Gasteiger partial charge is 0.286 e. The molecule has 6 heteroatoms. The maximum atomic E-state index is 10.9. The van der Waals surface area contributed by atoms with E-state index < -0.39 is 5.91 Å². The number of aliphatic hydroxyl groups excluding tert-OH is 1. The van der Waals surface area contributed by atoms with E-state index in [0.29, 0.717) is 26.2 Å². The van der Waals surface area contributed by atoms with Crippen LogP contribution < -0.4 is 4.74 Å². The molecule has 0 unspecified atom stereocenters. The minimum atomic E-state index is -0.626. The number of nitrogens with zero attached hydrogens (tertiary/aromatic N) is 1. The topological polar surface area (TPSA) is 85.2 Å². The van der Waals surface area contributed by atoms with Gasteiger partial charge in [-0.1, -0.05) is 12.1 Å². The Labute approximate surface area is 130 Å². The zero-order valence-electron chi connectivity index (χ0n) is 13.1. The van der Waals surface area contributed by atoms with Crippen molar-refractivity contribution in [3.8, 4) is 5.75 Å². The Morgan fingerprint density at radius 2 is 1.86 bits per heavy atom. The first-order valence-corrected chi connectivity index (χ1v) is 7.36. The largest absolute Gasteiger partial charge is 0.493 e. The van der Waals surface area contributed by atoms with Gasteiger partial charge in [-0.25, -0.2) is 0 Å². The van der Waals surface area contributed by atoms with E-state index in [1.54, 1.807) is 0 Å². The lowest BCUT2D eigenvalue weighted by Gasteiger charge is -2.14. The van der Waals surface area contributed by atoms with Gasteiger partial charge >= 0.3 is 0 Å². The molecule has 1 rings (SSSR count). The van der Waals surface area contributed by atoms with Crippen LogP contribution in [0.4, 0.5) is 0 Å². The zero-order chi connectivity index (χ0) is 16.4. The molecule has 6 nitrogen and oxygen atoms in total. The van der Waals surface area contributed by atoms with E-state index in [2.05, 4.69) is 5.18 Å². The van der Waals surface area contributed by atoms with Gasteiger partial charge in [0.2, 0.25) is 0 Å². The predicted molar refractivity (Wildman–Crippen MR) is 83.1 cm³/mol. The Morgan fingerprint density at radius 3 is 2.45 bits per heavy atom. The highest BCUT2D eigenvalue weighted by atomic mass is 16.5. The molecule has 0 aliphatic heterocycles. The average molecular weight is 309 g/mol. The lowest BCUT2D eigenvalue weighted by Crippen LogP contribution is -2.07. The van der Waals surface area contributed by atoms with E-state index >= 15 is 0 Å². The maximum Gasteiger partial charge on any atom is 0.286 e. The van der Waals surface area contributed by atoms with E-state index in [9.17, 15) is 9.70 Å². The first-order valence-electron chi connectivity index (χ1n) is 7.36. The molecule has 0 radical (unpaired) electrons. The molecule has 0 fully saturated rings. The SMILES string of the molecule is Cc1cc(CCC(=O)N=O)cc(C)c1OCCCOCCO. The number of amides is 1. The Morgan fingerprint density at radius 1 is 1.18 bits per heavy atom. The average Bonchev–Trinajstić information content (AvgIpc) is 2.50. The van der Waals surface area contributed by atoms with Gasteiger partial charge in [0, 0.05) is 24.6 Å². The van der Waals surface area contributed by atoms with Gasteiger partial charge in [0.15, 0.2) is 0 Å². The van der Waals surface area contributed by atoms with Crippen LogP contribution in [0.5, 0.6) is 5.75 Å². The summed E-state index contributed by atoms with van der Waals surface area (Å²) in [7, 11) is 0. The number of hydrogen-bond donors (Lipinski definition) is 1. The van der Waals surface area contributed by atoms with Gasteiger partial charge in [-0.05, 0) is 37.0 Å². The van der Waals surface area contributed by atoms with Crippen molar-refractivity contribution in [2.75, 3.05) is 26.4 Å². The predicted octanol–water partition coefficient (Wildman–Crippen LogP) is 2.31. The van der Waals surface area contributed by atoms with Crippen LogP contribution in [0.25, 0.3) is 0 Å². The normalized spacial score (nSPS) is 10.5. The summed E-state index contributed by atoms with van der Waals surface area (Å²) < 4.78 is 10.9. The van der Waals surface area contributed by atoms with Gasteiger partial charge in [0.25, 0.3) is 5.91 Å². The second kappa shape index (κ2) is 10.0. The quantitative estimate of drug-likeness (QED) is 0.529. The number of benzene rings is 1. The van der Waals surface area contributed by atoms with E-state index in [1.807, 2.05) is 26.0 Å².